The van der Waals surface area contributed by atoms with Crippen LogP contribution in [0.25, 0.3) is 11.3 Å². The van der Waals surface area contributed by atoms with Crippen molar-refractivity contribution >= 4 is 34.2 Å². The molecule has 21 heavy (non-hydrogen) atoms. The Morgan fingerprint density at radius 1 is 1.52 bits per heavy atom. The van der Waals surface area contributed by atoms with Crippen LogP contribution in [0, 0.1) is 21.8 Å². The number of nitriles is 1. The number of rotatable bonds is 3. The predicted octanol–water partition coefficient (Wildman–Crippen LogP) is 4.07. The van der Waals surface area contributed by atoms with Gasteiger partial charge in [-0.3, -0.25) is 4.68 Å². The standard InChI is InChI=1S/C15H13ClIN3O/c1-8-11(16)5-13(21-9-3-4-9)10(6-18)14(8)15-12(17)7-19-20(15)2/h5,7,9H,3-4H2,1-2H3. The van der Waals surface area contributed by atoms with Crippen molar-refractivity contribution in [3.8, 4) is 23.1 Å². The number of benzene rings is 1. The molecule has 0 aliphatic heterocycles. The number of aromatic nitrogens is 2. The summed E-state index contributed by atoms with van der Waals surface area (Å²) in [6.45, 7) is 1.92. The summed E-state index contributed by atoms with van der Waals surface area (Å²) < 4.78 is 8.61. The molecule has 0 saturated heterocycles. The third kappa shape index (κ3) is 2.62. The highest BCUT2D eigenvalue weighted by molar-refractivity contribution is 14.1. The zero-order valence-corrected chi connectivity index (χ0v) is 14.6. The molecule has 108 valence electrons. The summed E-state index contributed by atoms with van der Waals surface area (Å²) in [4.78, 5) is 0. The molecule has 1 aliphatic rings. The van der Waals surface area contributed by atoms with Crippen LogP contribution >= 0.6 is 34.2 Å². The highest BCUT2D eigenvalue weighted by Crippen LogP contribution is 2.41. The number of halogens is 2. The Kier molecular flexibility index (Phi) is 3.84. The van der Waals surface area contributed by atoms with Gasteiger partial charge in [-0.25, -0.2) is 0 Å². The Balaban J connectivity index is 2.27. The van der Waals surface area contributed by atoms with Crippen LogP contribution in [0.15, 0.2) is 12.3 Å². The number of hydrogen-bond donors (Lipinski definition) is 0. The second-order valence-electron chi connectivity index (χ2n) is 5.13. The Bertz CT molecular complexity index is 740. The van der Waals surface area contributed by atoms with Crippen LogP contribution < -0.4 is 4.74 Å². The Labute approximate surface area is 141 Å². The molecule has 0 amide bonds. The maximum Gasteiger partial charge on any atom is 0.139 e. The lowest BCUT2D eigenvalue weighted by atomic mass is 9.98. The molecule has 1 aromatic heterocycles. The SMILES string of the molecule is Cc1c(Cl)cc(OC2CC2)c(C#N)c1-c1c(I)cnn1C. The van der Waals surface area contributed by atoms with E-state index in [1.807, 2.05) is 14.0 Å². The first kappa shape index (κ1) is 14.7. The highest BCUT2D eigenvalue weighted by Gasteiger charge is 2.27. The summed E-state index contributed by atoms with van der Waals surface area (Å²) in [5.74, 6) is 0.572. The number of hydrogen-bond acceptors (Lipinski definition) is 3. The fraction of sp³-hybridized carbons (Fsp3) is 0.333. The molecular weight excluding hydrogens is 401 g/mol. The lowest BCUT2D eigenvalue weighted by Gasteiger charge is -2.15. The molecule has 0 spiro atoms. The first-order valence-electron chi connectivity index (χ1n) is 6.60. The van der Waals surface area contributed by atoms with Gasteiger partial charge in [0.25, 0.3) is 0 Å². The van der Waals surface area contributed by atoms with Crippen LogP contribution in [0.2, 0.25) is 5.02 Å². The van der Waals surface area contributed by atoms with Crippen molar-refractivity contribution in [2.75, 3.05) is 0 Å². The molecule has 0 atom stereocenters. The van der Waals surface area contributed by atoms with Gasteiger partial charge in [-0.1, -0.05) is 11.6 Å². The van der Waals surface area contributed by atoms with Gasteiger partial charge in [-0.15, -0.1) is 0 Å². The van der Waals surface area contributed by atoms with Crippen LogP contribution in [0.4, 0.5) is 0 Å². The summed E-state index contributed by atoms with van der Waals surface area (Å²) in [5, 5.41) is 14.5. The van der Waals surface area contributed by atoms with Crippen LogP contribution in [-0.4, -0.2) is 15.9 Å². The smallest absolute Gasteiger partial charge is 0.139 e. The van der Waals surface area contributed by atoms with E-state index < -0.39 is 0 Å². The van der Waals surface area contributed by atoms with Gasteiger partial charge in [0.1, 0.15) is 17.4 Å². The molecule has 3 rings (SSSR count). The normalized spacial score (nSPS) is 14.0. The predicted molar refractivity (Wildman–Crippen MR) is 89.5 cm³/mol. The van der Waals surface area contributed by atoms with E-state index in [1.54, 1.807) is 16.9 Å². The lowest BCUT2D eigenvalue weighted by Crippen LogP contribution is -2.04. The summed E-state index contributed by atoms with van der Waals surface area (Å²) in [6.07, 6.45) is 4.07. The van der Waals surface area contributed by atoms with E-state index >= 15 is 0 Å². The van der Waals surface area contributed by atoms with Gasteiger partial charge in [-0.05, 0) is 47.9 Å². The van der Waals surface area contributed by atoms with E-state index in [4.69, 9.17) is 16.3 Å². The van der Waals surface area contributed by atoms with E-state index in [0.717, 1.165) is 33.2 Å². The van der Waals surface area contributed by atoms with Crippen molar-refractivity contribution < 1.29 is 4.74 Å². The summed E-state index contributed by atoms with van der Waals surface area (Å²) in [7, 11) is 1.86. The number of nitrogens with zero attached hydrogens (tertiary/aromatic N) is 3. The molecule has 1 saturated carbocycles. The van der Waals surface area contributed by atoms with Gasteiger partial charge in [0, 0.05) is 23.7 Å². The average molecular weight is 414 g/mol. The topological polar surface area (TPSA) is 50.8 Å². The number of aryl methyl sites for hydroxylation is 1. The highest BCUT2D eigenvalue weighted by atomic mass is 127. The monoisotopic (exact) mass is 413 g/mol. The summed E-state index contributed by atoms with van der Waals surface area (Å²) >= 11 is 8.57. The molecule has 1 aromatic carbocycles. The first-order valence-corrected chi connectivity index (χ1v) is 8.06. The Morgan fingerprint density at radius 3 is 2.76 bits per heavy atom. The van der Waals surface area contributed by atoms with Crippen molar-refractivity contribution in [1.29, 1.82) is 5.26 Å². The quantitative estimate of drug-likeness (QED) is 0.713. The molecule has 6 heteroatoms. The van der Waals surface area contributed by atoms with Gasteiger partial charge in [0.2, 0.25) is 0 Å². The second-order valence-corrected chi connectivity index (χ2v) is 6.69. The largest absolute Gasteiger partial charge is 0.489 e. The maximum atomic E-state index is 9.62. The minimum Gasteiger partial charge on any atom is -0.489 e. The zero-order chi connectivity index (χ0) is 15.1. The molecule has 1 aliphatic carbocycles. The van der Waals surface area contributed by atoms with Crippen LogP contribution in [-0.2, 0) is 7.05 Å². The molecule has 0 bridgehead atoms. The Morgan fingerprint density at radius 2 is 2.24 bits per heavy atom. The van der Waals surface area contributed by atoms with Gasteiger partial charge < -0.3 is 4.74 Å². The van der Waals surface area contributed by atoms with Crippen molar-refractivity contribution in [3.05, 3.63) is 32.0 Å². The maximum absolute atomic E-state index is 9.62. The van der Waals surface area contributed by atoms with E-state index in [2.05, 4.69) is 33.8 Å². The lowest BCUT2D eigenvalue weighted by molar-refractivity contribution is 0.302. The summed E-state index contributed by atoms with van der Waals surface area (Å²) in [5.41, 5.74) is 3.11. The van der Waals surface area contributed by atoms with Crippen molar-refractivity contribution in [2.24, 2.45) is 7.05 Å². The molecule has 1 fully saturated rings. The average Bonchev–Trinajstić information content (AvgIpc) is 3.20. The van der Waals surface area contributed by atoms with Crippen molar-refractivity contribution in [3.63, 3.8) is 0 Å². The molecule has 0 N–H and O–H groups in total. The van der Waals surface area contributed by atoms with E-state index in [9.17, 15) is 5.26 Å². The van der Waals surface area contributed by atoms with Crippen LogP contribution in [0.1, 0.15) is 24.0 Å². The third-order valence-electron chi connectivity index (χ3n) is 3.55. The fourth-order valence-corrected chi connectivity index (χ4v) is 3.22. The van der Waals surface area contributed by atoms with Crippen molar-refractivity contribution in [2.45, 2.75) is 25.9 Å². The third-order valence-corrected chi connectivity index (χ3v) is 4.73. The molecule has 0 radical (unpaired) electrons. The molecule has 0 unspecified atom stereocenters. The minimum atomic E-state index is 0.217. The second kappa shape index (κ2) is 5.50. The van der Waals surface area contributed by atoms with Crippen molar-refractivity contribution in [1.82, 2.24) is 9.78 Å². The molecule has 2 aromatic rings. The Hall–Kier alpha value is -1.26. The van der Waals surface area contributed by atoms with Gasteiger partial charge >= 0.3 is 0 Å². The molecule has 1 heterocycles. The zero-order valence-electron chi connectivity index (χ0n) is 11.7. The number of ether oxygens (including phenoxy) is 1. The van der Waals surface area contributed by atoms with Crippen LogP contribution in [0.5, 0.6) is 5.75 Å². The van der Waals surface area contributed by atoms with E-state index in [0.29, 0.717) is 16.3 Å². The van der Waals surface area contributed by atoms with Gasteiger partial charge in [0.05, 0.1) is 21.6 Å². The molecule has 4 nitrogen and oxygen atoms in total. The van der Waals surface area contributed by atoms with E-state index in [1.165, 1.54) is 0 Å². The van der Waals surface area contributed by atoms with Crippen LogP contribution in [0.3, 0.4) is 0 Å². The molecular formula is C15H13ClIN3O. The fourth-order valence-electron chi connectivity index (χ4n) is 2.28. The van der Waals surface area contributed by atoms with Gasteiger partial charge in [0.15, 0.2) is 0 Å². The first-order chi connectivity index (χ1) is 10.0. The summed E-state index contributed by atoms with van der Waals surface area (Å²) in [6, 6.07) is 4.03. The van der Waals surface area contributed by atoms with Gasteiger partial charge in [-0.2, -0.15) is 10.4 Å². The minimum absolute atomic E-state index is 0.217. The van der Waals surface area contributed by atoms with E-state index in [-0.39, 0.29) is 6.10 Å².